The van der Waals surface area contributed by atoms with Gasteiger partial charge in [-0.2, -0.15) is 0 Å². The number of halogens is 1. The summed E-state index contributed by atoms with van der Waals surface area (Å²) in [7, 11) is 0. The van der Waals surface area contributed by atoms with Gasteiger partial charge in [-0.15, -0.1) is 0 Å². The van der Waals surface area contributed by atoms with Gasteiger partial charge in [0, 0.05) is 23.9 Å². The molecule has 0 saturated carbocycles. The van der Waals surface area contributed by atoms with E-state index in [-0.39, 0.29) is 17.5 Å². The van der Waals surface area contributed by atoms with E-state index < -0.39 is 0 Å². The van der Waals surface area contributed by atoms with Gasteiger partial charge in [-0.05, 0) is 18.2 Å². The molecule has 3 N–H and O–H groups in total. The standard InChI is InChI=1S/C12H10FN3O/c13-9-2-1-3-10(7-9)17-11-6-8(12(14)15)4-5-16-11/h1-7H,(H3,14,15). The van der Waals surface area contributed by atoms with Crippen LogP contribution in [0, 0.1) is 11.2 Å². The molecule has 0 aliphatic rings. The van der Waals surface area contributed by atoms with Crippen LogP contribution in [-0.4, -0.2) is 10.8 Å². The van der Waals surface area contributed by atoms with Gasteiger partial charge < -0.3 is 10.5 Å². The van der Waals surface area contributed by atoms with Crippen LogP contribution in [0.15, 0.2) is 42.6 Å². The van der Waals surface area contributed by atoms with Crippen molar-refractivity contribution in [1.82, 2.24) is 4.98 Å². The molecule has 0 aliphatic carbocycles. The molecule has 2 aromatic rings. The van der Waals surface area contributed by atoms with Crippen molar-refractivity contribution >= 4 is 5.84 Å². The van der Waals surface area contributed by atoms with Crippen LogP contribution >= 0.6 is 0 Å². The number of nitrogens with two attached hydrogens (primary N) is 1. The fourth-order valence-electron chi connectivity index (χ4n) is 1.28. The van der Waals surface area contributed by atoms with Gasteiger partial charge in [0.1, 0.15) is 17.4 Å². The molecule has 1 aromatic heterocycles. The molecule has 0 radical (unpaired) electrons. The number of pyridine rings is 1. The van der Waals surface area contributed by atoms with Crippen LogP contribution in [0.5, 0.6) is 11.6 Å². The average Bonchev–Trinajstić information content (AvgIpc) is 2.29. The molecule has 2 rings (SSSR count). The van der Waals surface area contributed by atoms with Crippen LogP contribution in [-0.2, 0) is 0 Å². The number of benzene rings is 1. The van der Waals surface area contributed by atoms with E-state index in [9.17, 15) is 4.39 Å². The highest BCUT2D eigenvalue weighted by Gasteiger charge is 2.03. The second-order valence-electron chi connectivity index (χ2n) is 3.36. The molecule has 17 heavy (non-hydrogen) atoms. The van der Waals surface area contributed by atoms with Gasteiger partial charge in [-0.25, -0.2) is 9.37 Å². The van der Waals surface area contributed by atoms with Crippen molar-refractivity contribution in [2.75, 3.05) is 0 Å². The minimum absolute atomic E-state index is 0.0727. The first-order valence-electron chi connectivity index (χ1n) is 4.89. The van der Waals surface area contributed by atoms with Gasteiger partial charge >= 0.3 is 0 Å². The van der Waals surface area contributed by atoms with Crippen LogP contribution < -0.4 is 10.5 Å². The van der Waals surface area contributed by atoms with Crippen molar-refractivity contribution in [2.45, 2.75) is 0 Å². The maximum Gasteiger partial charge on any atom is 0.219 e. The van der Waals surface area contributed by atoms with Crippen LogP contribution in [0.1, 0.15) is 5.56 Å². The molecule has 86 valence electrons. The Balaban J connectivity index is 2.24. The van der Waals surface area contributed by atoms with Gasteiger partial charge in [0.25, 0.3) is 0 Å². The quantitative estimate of drug-likeness (QED) is 0.628. The number of aromatic nitrogens is 1. The number of amidine groups is 1. The zero-order valence-corrected chi connectivity index (χ0v) is 8.85. The van der Waals surface area contributed by atoms with Crippen LogP contribution in [0.3, 0.4) is 0 Å². The Morgan fingerprint density at radius 2 is 2.12 bits per heavy atom. The Morgan fingerprint density at radius 3 is 2.82 bits per heavy atom. The number of hydrogen-bond acceptors (Lipinski definition) is 3. The predicted octanol–water partition coefficient (Wildman–Crippen LogP) is 2.30. The maximum absolute atomic E-state index is 12.9. The van der Waals surface area contributed by atoms with E-state index in [1.165, 1.54) is 24.4 Å². The molecule has 0 amide bonds. The monoisotopic (exact) mass is 231 g/mol. The molecule has 0 spiro atoms. The third kappa shape index (κ3) is 2.78. The van der Waals surface area contributed by atoms with Gasteiger partial charge in [0.2, 0.25) is 5.88 Å². The Morgan fingerprint density at radius 1 is 1.29 bits per heavy atom. The molecule has 0 atom stereocenters. The molecule has 1 heterocycles. The Kier molecular flexibility index (Phi) is 3.00. The zero-order chi connectivity index (χ0) is 12.3. The highest BCUT2D eigenvalue weighted by atomic mass is 19.1. The summed E-state index contributed by atoms with van der Waals surface area (Å²) in [6, 6.07) is 8.85. The number of nitrogens with zero attached hydrogens (tertiary/aromatic N) is 1. The second kappa shape index (κ2) is 4.61. The Bertz CT molecular complexity index is 557. The van der Waals surface area contributed by atoms with Crippen molar-refractivity contribution in [2.24, 2.45) is 5.73 Å². The highest BCUT2D eigenvalue weighted by molar-refractivity contribution is 5.95. The molecule has 0 bridgehead atoms. The normalized spacial score (nSPS) is 9.94. The van der Waals surface area contributed by atoms with Crippen molar-refractivity contribution in [1.29, 1.82) is 5.41 Å². The number of nitrogen functional groups attached to an aromatic ring is 1. The van der Waals surface area contributed by atoms with E-state index in [0.29, 0.717) is 11.3 Å². The third-order valence-electron chi connectivity index (χ3n) is 2.06. The molecule has 4 nitrogen and oxygen atoms in total. The van der Waals surface area contributed by atoms with Crippen molar-refractivity contribution < 1.29 is 9.13 Å². The Labute approximate surface area is 97.4 Å². The van der Waals surface area contributed by atoms with Crippen molar-refractivity contribution in [3.8, 4) is 11.6 Å². The summed E-state index contributed by atoms with van der Waals surface area (Å²) in [6.45, 7) is 0. The van der Waals surface area contributed by atoms with E-state index in [4.69, 9.17) is 15.9 Å². The molecule has 0 unspecified atom stereocenters. The van der Waals surface area contributed by atoms with Crippen LogP contribution in [0.25, 0.3) is 0 Å². The lowest BCUT2D eigenvalue weighted by Gasteiger charge is -2.05. The summed E-state index contributed by atoms with van der Waals surface area (Å²) in [5.74, 6) is 0.156. The first-order valence-corrected chi connectivity index (χ1v) is 4.89. The first kappa shape index (κ1) is 11.1. The van der Waals surface area contributed by atoms with Gasteiger partial charge in [0.05, 0.1) is 0 Å². The van der Waals surface area contributed by atoms with Gasteiger partial charge in [0.15, 0.2) is 0 Å². The van der Waals surface area contributed by atoms with Crippen LogP contribution in [0.4, 0.5) is 4.39 Å². The van der Waals surface area contributed by atoms with Crippen molar-refractivity contribution in [3.05, 3.63) is 54.0 Å². The number of nitrogens with one attached hydrogen (secondary N) is 1. The summed E-state index contributed by atoms with van der Waals surface area (Å²) in [5, 5.41) is 7.28. The second-order valence-corrected chi connectivity index (χ2v) is 3.36. The van der Waals surface area contributed by atoms with Crippen molar-refractivity contribution in [3.63, 3.8) is 0 Å². The van der Waals surface area contributed by atoms with Gasteiger partial charge in [-0.3, -0.25) is 5.41 Å². The molecule has 1 aromatic carbocycles. The fraction of sp³-hybridized carbons (Fsp3) is 0. The van der Waals surface area contributed by atoms with E-state index in [2.05, 4.69) is 4.98 Å². The zero-order valence-electron chi connectivity index (χ0n) is 8.85. The number of ether oxygens (including phenoxy) is 1. The van der Waals surface area contributed by atoms with E-state index in [1.54, 1.807) is 18.2 Å². The van der Waals surface area contributed by atoms with E-state index in [0.717, 1.165) is 0 Å². The molecule has 0 aliphatic heterocycles. The highest BCUT2D eigenvalue weighted by Crippen LogP contribution is 2.20. The Hall–Kier alpha value is -2.43. The number of rotatable bonds is 3. The summed E-state index contributed by atoms with van der Waals surface area (Å²) in [5.41, 5.74) is 5.85. The third-order valence-corrected chi connectivity index (χ3v) is 2.06. The van der Waals surface area contributed by atoms with Crippen LogP contribution in [0.2, 0.25) is 0 Å². The van der Waals surface area contributed by atoms with E-state index in [1.807, 2.05) is 0 Å². The lowest BCUT2D eigenvalue weighted by molar-refractivity contribution is 0.458. The topological polar surface area (TPSA) is 72.0 Å². The summed E-state index contributed by atoms with van der Waals surface area (Å²) >= 11 is 0. The lowest BCUT2D eigenvalue weighted by atomic mass is 10.2. The molecule has 0 fully saturated rings. The minimum Gasteiger partial charge on any atom is -0.439 e. The SMILES string of the molecule is N=C(N)c1ccnc(Oc2cccc(F)c2)c1. The largest absolute Gasteiger partial charge is 0.439 e. The molecular weight excluding hydrogens is 221 g/mol. The molecule has 0 saturated heterocycles. The summed E-state index contributed by atoms with van der Waals surface area (Å²) in [4.78, 5) is 3.95. The predicted molar refractivity (Wildman–Crippen MR) is 61.7 cm³/mol. The minimum atomic E-state index is -0.384. The number of hydrogen-bond donors (Lipinski definition) is 2. The lowest BCUT2D eigenvalue weighted by Crippen LogP contribution is -2.11. The molecular formula is C12H10FN3O. The first-order chi connectivity index (χ1) is 8.15. The van der Waals surface area contributed by atoms with Gasteiger partial charge in [-0.1, -0.05) is 6.07 Å². The summed E-state index contributed by atoms with van der Waals surface area (Å²) < 4.78 is 18.3. The smallest absolute Gasteiger partial charge is 0.219 e. The van der Waals surface area contributed by atoms with E-state index >= 15 is 0 Å². The maximum atomic E-state index is 12.9. The fourth-order valence-corrected chi connectivity index (χ4v) is 1.28. The molecule has 5 heteroatoms. The summed E-state index contributed by atoms with van der Waals surface area (Å²) in [6.07, 6.45) is 1.48. The average molecular weight is 231 g/mol.